The standard InChI is InChI=1S/C22H23N3O2S/c1-5-19(26)25-18(15-8-6-12(2)7-9-15)11-17(24-25)20-14(4)16-10-13(3)28-22(16)23-21(20)27/h6-10,18H,5,11H2,1-4H3,(H,23,27). The topological polar surface area (TPSA) is 65.5 Å². The van der Waals surface area contributed by atoms with Crippen LogP contribution in [0.5, 0.6) is 0 Å². The molecule has 4 rings (SSSR count). The smallest absolute Gasteiger partial charge is 0.258 e. The third-order valence-corrected chi connectivity index (χ3v) is 6.27. The average molecular weight is 394 g/mol. The Hall–Kier alpha value is -2.73. The summed E-state index contributed by atoms with van der Waals surface area (Å²) < 4.78 is 0. The predicted molar refractivity (Wildman–Crippen MR) is 114 cm³/mol. The van der Waals surface area contributed by atoms with Gasteiger partial charge in [0.1, 0.15) is 4.83 Å². The van der Waals surface area contributed by atoms with Crippen LogP contribution in [0.1, 0.15) is 52.9 Å². The second-order valence-corrected chi connectivity index (χ2v) is 8.58. The van der Waals surface area contributed by atoms with Crippen LogP contribution in [-0.2, 0) is 4.79 Å². The lowest BCUT2D eigenvalue weighted by molar-refractivity contribution is -0.132. The monoisotopic (exact) mass is 393 g/mol. The Morgan fingerprint density at radius 1 is 1.25 bits per heavy atom. The van der Waals surface area contributed by atoms with Crippen molar-refractivity contribution in [1.82, 2.24) is 9.99 Å². The third-order valence-electron chi connectivity index (χ3n) is 5.31. The van der Waals surface area contributed by atoms with Crippen molar-refractivity contribution in [2.45, 2.75) is 46.6 Å². The predicted octanol–water partition coefficient (Wildman–Crippen LogP) is 4.60. The van der Waals surface area contributed by atoms with E-state index in [1.807, 2.05) is 52.0 Å². The second kappa shape index (κ2) is 7.02. The molecule has 1 atom stereocenters. The van der Waals surface area contributed by atoms with E-state index >= 15 is 0 Å². The van der Waals surface area contributed by atoms with Gasteiger partial charge in [0, 0.05) is 23.1 Å². The number of pyridine rings is 1. The maximum Gasteiger partial charge on any atom is 0.258 e. The number of H-pyrrole nitrogens is 1. The Balaban J connectivity index is 1.82. The lowest BCUT2D eigenvalue weighted by atomic mass is 9.95. The minimum Gasteiger partial charge on any atom is -0.313 e. The van der Waals surface area contributed by atoms with Crippen LogP contribution < -0.4 is 5.56 Å². The Morgan fingerprint density at radius 2 is 1.96 bits per heavy atom. The molecule has 3 aromatic rings. The molecule has 0 spiro atoms. The van der Waals surface area contributed by atoms with E-state index in [1.54, 1.807) is 16.3 Å². The lowest BCUT2D eigenvalue weighted by Crippen LogP contribution is -2.26. The zero-order valence-electron chi connectivity index (χ0n) is 16.5. The highest BCUT2D eigenvalue weighted by Crippen LogP contribution is 2.34. The van der Waals surface area contributed by atoms with E-state index in [-0.39, 0.29) is 17.5 Å². The number of nitrogens with one attached hydrogen (secondary N) is 1. The Morgan fingerprint density at radius 3 is 2.64 bits per heavy atom. The number of amides is 1. The largest absolute Gasteiger partial charge is 0.313 e. The molecule has 1 aromatic carbocycles. The fourth-order valence-corrected chi connectivity index (χ4v) is 4.77. The van der Waals surface area contributed by atoms with Gasteiger partial charge in [-0.25, -0.2) is 5.01 Å². The van der Waals surface area contributed by atoms with Crippen molar-refractivity contribution >= 4 is 33.2 Å². The Bertz CT molecular complexity index is 1150. The molecule has 1 aliphatic rings. The van der Waals surface area contributed by atoms with Gasteiger partial charge in [-0.1, -0.05) is 36.8 Å². The first-order valence-corrected chi connectivity index (χ1v) is 10.3. The van der Waals surface area contributed by atoms with Gasteiger partial charge >= 0.3 is 0 Å². The number of carbonyl (C=O) groups is 1. The molecule has 3 heterocycles. The van der Waals surface area contributed by atoms with Crippen LogP contribution in [0.4, 0.5) is 0 Å². The zero-order valence-corrected chi connectivity index (χ0v) is 17.3. The Labute approximate surface area is 167 Å². The van der Waals surface area contributed by atoms with Crippen molar-refractivity contribution in [2.24, 2.45) is 5.10 Å². The van der Waals surface area contributed by atoms with E-state index in [0.29, 0.717) is 24.1 Å². The van der Waals surface area contributed by atoms with E-state index in [0.717, 1.165) is 26.2 Å². The molecule has 0 aliphatic carbocycles. The van der Waals surface area contributed by atoms with Gasteiger partial charge in [0.05, 0.1) is 17.3 Å². The highest BCUT2D eigenvalue weighted by molar-refractivity contribution is 7.18. The number of aromatic amines is 1. The van der Waals surface area contributed by atoms with E-state index in [2.05, 4.69) is 16.2 Å². The molecule has 1 amide bonds. The molecule has 2 aromatic heterocycles. The van der Waals surface area contributed by atoms with Crippen molar-refractivity contribution < 1.29 is 4.79 Å². The van der Waals surface area contributed by atoms with E-state index in [9.17, 15) is 9.59 Å². The number of fused-ring (bicyclic) bond motifs is 1. The molecule has 28 heavy (non-hydrogen) atoms. The SMILES string of the molecule is CCC(=O)N1N=C(c2c(C)c3cc(C)sc3[nH]c2=O)CC1c1ccc(C)cc1. The summed E-state index contributed by atoms with van der Waals surface area (Å²) in [4.78, 5) is 30.4. The van der Waals surface area contributed by atoms with E-state index in [1.165, 1.54) is 5.56 Å². The summed E-state index contributed by atoms with van der Waals surface area (Å²) in [7, 11) is 0. The summed E-state index contributed by atoms with van der Waals surface area (Å²) >= 11 is 1.58. The number of benzene rings is 1. The highest BCUT2D eigenvalue weighted by Gasteiger charge is 2.34. The first-order chi connectivity index (χ1) is 13.4. The van der Waals surface area contributed by atoms with Crippen LogP contribution >= 0.6 is 11.3 Å². The molecule has 0 fully saturated rings. The molecule has 0 saturated carbocycles. The zero-order chi connectivity index (χ0) is 20.0. The molecule has 144 valence electrons. The molecular weight excluding hydrogens is 370 g/mol. The summed E-state index contributed by atoms with van der Waals surface area (Å²) in [6, 6.07) is 10.1. The molecule has 0 radical (unpaired) electrons. The molecule has 6 heteroatoms. The number of aromatic nitrogens is 1. The van der Waals surface area contributed by atoms with Crippen molar-refractivity contribution in [3.8, 4) is 0 Å². The number of rotatable bonds is 3. The fourth-order valence-electron chi connectivity index (χ4n) is 3.81. The van der Waals surface area contributed by atoms with E-state index in [4.69, 9.17) is 0 Å². The third kappa shape index (κ3) is 3.07. The maximum atomic E-state index is 12.9. The van der Waals surface area contributed by atoms with Crippen LogP contribution in [0, 0.1) is 20.8 Å². The average Bonchev–Trinajstić information content (AvgIpc) is 3.25. The first kappa shape index (κ1) is 18.6. The molecule has 1 unspecified atom stereocenters. The van der Waals surface area contributed by atoms with Gasteiger partial charge < -0.3 is 4.98 Å². The number of hydrogen-bond acceptors (Lipinski definition) is 4. The summed E-state index contributed by atoms with van der Waals surface area (Å²) in [6.45, 7) is 7.87. The Kier molecular flexibility index (Phi) is 4.67. The quantitative estimate of drug-likeness (QED) is 0.707. The van der Waals surface area contributed by atoms with E-state index < -0.39 is 0 Å². The van der Waals surface area contributed by atoms with Crippen molar-refractivity contribution in [1.29, 1.82) is 0 Å². The highest BCUT2D eigenvalue weighted by atomic mass is 32.1. The van der Waals surface area contributed by atoms with Gasteiger partial charge in [-0.2, -0.15) is 5.10 Å². The molecular formula is C22H23N3O2S. The van der Waals surface area contributed by atoms with Gasteiger partial charge in [0.15, 0.2) is 0 Å². The summed E-state index contributed by atoms with van der Waals surface area (Å²) in [5.74, 6) is -0.0397. The van der Waals surface area contributed by atoms with Crippen molar-refractivity contribution in [2.75, 3.05) is 0 Å². The van der Waals surface area contributed by atoms with Crippen LogP contribution in [0.15, 0.2) is 40.2 Å². The van der Waals surface area contributed by atoms with Gasteiger partial charge in [0.25, 0.3) is 5.56 Å². The van der Waals surface area contributed by atoms with Crippen LogP contribution in [0.25, 0.3) is 10.2 Å². The summed E-state index contributed by atoms with van der Waals surface area (Å²) in [5, 5.41) is 7.23. The number of nitrogens with zero attached hydrogens (tertiary/aromatic N) is 2. The van der Waals surface area contributed by atoms with Gasteiger partial charge in [-0.05, 0) is 38.0 Å². The minimum atomic E-state index is -0.179. The number of carbonyl (C=O) groups excluding carboxylic acids is 1. The van der Waals surface area contributed by atoms with Crippen molar-refractivity contribution in [3.05, 3.63) is 67.8 Å². The number of hydrogen-bond donors (Lipinski definition) is 1. The van der Waals surface area contributed by atoms with Crippen molar-refractivity contribution in [3.63, 3.8) is 0 Å². The summed E-state index contributed by atoms with van der Waals surface area (Å²) in [5.41, 5.74) is 4.26. The number of aryl methyl sites for hydroxylation is 3. The normalized spacial score (nSPS) is 16.6. The first-order valence-electron chi connectivity index (χ1n) is 9.48. The van der Waals surface area contributed by atoms with Gasteiger partial charge in [-0.15, -0.1) is 11.3 Å². The minimum absolute atomic E-state index is 0.0397. The number of hydrazone groups is 1. The van der Waals surface area contributed by atoms with Crippen LogP contribution in [0.3, 0.4) is 0 Å². The van der Waals surface area contributed by atoms with Crippen LogP contribution in [-0.4, -0.2) is 21.6 Å². The van der Waals surface area contributed by atoms with Crippen LogP contribution in [0.2, 0.25) is 0 Å². The summed E-state index contributed by atoms with van der Waals surface area (Å²) in [6.07, 6.45) is 0.907. The molecule has 0 saturated heterocycles. The second-order valence-electron chi connectivity index (χ2n) is 7.32. The lowest BCUT2D eigenvalue weighted by Gasteiger charge is -2.21. The molecule has 0 bridgehead atoms. The molecule has 5 nitrogen and oxygen atoms in total. The maximum absolute atomic E-state index is 12.9. The molecule has 1 N–H and O–H groups in total. The van der Waals surface area contributed by atoms with Gasteiger partial charge in [0.2, 0.25) is 5.91 Å². The fraction of sp³-hybridized carbons (Fsp3) is 0.318. The molecule has 1 aliphatic heterocycles. The number of thiophene rings is 1. The van der Waals surface area contributed by atoms with Gasteiger partial charge in [-0.3, -0.25) is 9.59 Å².